The van der Waals surface area contributed by atoms with Gasteiger partial charge in [0.15, 0.2) is 0 Å². The van der Waals surface area contributed by atoms with E-state index in [0.29, 0.717) is 12.1 Å². The quantitative estimate of drug-likeness (QED) is 0.508. The maximum Gasteiger partial charge on any atom is 0.276 e. The third kappa shape index (κ3) is 3.65. The molecule has 6 heteroatoms. The number of fused-ring (bicyclic) bond motifs is 1. The monoisotopic (exact) mass is 350 g/mol. The van der Waals surface area contributed by atoms with Gasteiger partial charge in [0.2, 0.25) is 0 Å². The average Bonchev–Trinajstić information content (AvgIpc) is 3.04. The summed E-state index contributed by atoms with van der Waals surface area (Å²) in [4.78, 5) is 15.4. The molecule has 2 aromatic carbocycles. The topological polar surface area (TPSA) is 73.0 Å². The second-order valence-corrected chi connectivity index (χ2v) is 6.05. The fraction of sp³-hybridized carbons (Fsp3) is 0.250. The fourth-order valence-electron chi connectivity index (χ4n) is 3.07. The molecule has 1 N–H and O–H groups in total. The fourth-order valence-corrected chi connectivity index (χ4v) is 3.07. The molecule has 1 heterocycles. The molecule has 0 radical (unpaired) electrons. The summed E-state index contributed by atoms with van der Waals surface area (Å²) in [6, 6.07) is 14.9. The highest BCUT2D eigenvalue weighted by molar-refractivity contribution is 5.76. The maximum absolute atomic E-state index is 11.0. The van der Waals surface area contributed by atoms with Crippen molar-refractivity contribution in [2.45, 2.75) is 26.4 Å². The Balaban J connectivity index is 1.70. The standard InChI is InChI=1S/C20H22N4O2/c1-3-23-19-13-7-5-11-17(19)22-20(23)15(2)21-14-8-10-16-9-4-6-12-18(16)24(25)26/h4-13,15,21H,3,14H2,1-2H3/b10-8+. The molecule has 0 fully saturated rings. The Morgan fingerprint density at radius 3 is 2.73 bits per heavy atom. The minimum atomic E-state index is -0.362. The van der Waals surface area contributed by atoms with E-state index in [0.717, 1.165) is 23.4 Å². The van der Waals surface area contributed by atoms with Crippen LogP contribution in [0.5, 0.6) is 0 Å². The summed E-state index contributed by atoms with van der Waals surface area (Å²) in [7, 11) is 0. The van der Waals surface area contributed by atoms with Crippen LogP contribution in [-0.4, -0.2) is 21.0 Å². The van der Waals surface area contributed by atoms with Crippen LogP contribution in [0.3, 0.4) is 0 Å². The van der Waals surface area contributed by atoms with Crippen molar-refractivity contribution in [3.8, 4) is 0 Å². The van der Waals surface area contributed by atoms with Gasteiger partial charge in [-0.05, 0) is 32.0 Å². The first-order chi connectivity index (χ1) is 12.6. The number of para-hydroxylation sites is 3. The van der Waals surface area contributed by atoms with Crippen LogP contribution in [0.25, 0.3) is 17.1 Å². The average molecular weight is 350 g/mol. The summed E-state index contributed by atoms with van der Waals surface area (Å²) in [5.74, 6) is 0.993. The van der Waals surface area contributed by atoms with E-state index in [1.807, 2.05) is 24.3 Å². The van der Waals surface area contributed by atoms with Gasteiger partial charge in [0, 0.05) is 19.2 Å². The van der Waals surface area contributed by atoms with E-state index in [9.17, 15) is 10.1 Å². The second kappa shape index (κ2) is 7.93. The molecule has 0 saturated carbocycles. The number of rotatable bonds is 7. The van der Waals surface area contributed by atoms with E-state index in [4.69, 9.17) is 4.98 Å². The lowest BCUT2D eigenvalue weighted by Gasteiger charge is -2.14. The van der Waals surface area contributed by atoms with E-state index in [1.54, 1.807) is 24.3 Å². The minimum Gasteiger partial charge on any atom is -0.327 e. The number of nitrogens with zero attached hydrogens (tertiary/aromatic N) is 3. The predicted molar refractivity (Wildman–Crippen MR) is 104 cm³/mol. The van der Waals surface area contributed by atoms with Crippen molar-refractivity contribution in [3.63, 3.8) is 0 Å². The van der Waals surface area contributed by atoms with Gasteiger partial charge < -0.3 is 9.88 Å². The lowest BCUT2D eigenvalue weighted by molar-refractivity contribution is -0.385. The second-order valence-electron chi connectivity index (χ2n) is 6.05. The Morgan fingerprint density at radius 1 is 1.23 bits per heavy atom. The van der Waals surface area contributed by atoms with Crippen LogP contribution in [0, 0.1) is 10.1 Å². The van der Waals surface area contributed by atoms with Crippen molar-refractivity contribution in [2.75, 3.05) is 6.54 Å². The Kier molecular flexibility index (Phi) is 5.43. The molecular weight excluding hydrogens is 328 g/mol. The van der Waals surface area contributed by atoms with Gasteiger partial charge in [-0.25, -0.2) is 4.98 Å². The number of aryl methyl sites for hydroxylation is 1. The van der Waals surface area contributed by atoms with Crippen molar-refractivity contribution in [3.05, 3.63) is 76.1 Å². The van der Waals surface area contributed by atoms with Crippen molar-refractivity contribution in [1.82, 2.24) is 14.9 Å². The number of nitro groups is 1. The SMILES string of the molecule is CCn1c(C(C)NC/C=C/c2ccccc2[N+](=O)[O-])nc2ccccc21. The van der Waals surface area contributed by atoms with Gasteiger partial charge in [0.1, 0.15) is 5.82 Å². The molecule has 0 bridgehead atoms. The molecule has 6 nitrogen and oxygen atoms in total. The van der Waals surface area contributed by atoms with Gasteiger partial charge in [0.05, 0.1) is 27.6 Å². The van der Waals surface area contributed by atoms with Crippen LogP contribution < -0.4 is 5.32 Å². The van der Waals surface area contributed by atoms with Crippen molar-refractivity contribution in [2.24, 2.45) is 0 Å². The molecule has 1 aromatic heterocycles. The Morgan fingerprint density at radius 2 is 1.96 bits per heavy atom. The zero-order valence-electron chi connectivity index (χ0n) is 14.9. The van der Waals surface area contributed by atoms with Gasteiger partial charge in [-0.2, -0.15) is 0 Å². The molecule has 134 valence electrons. The molecule has 0 saturated heterocycles. The highest BCUT2D eigenvalue weighted by Gasteiger charge is 2.14. The van der Waals surface area contributed by atoms with E-state index >= 15 is 0 Å². The van der Waals surface area contributed by atoms with Crippen molar-refractivity contribution >= 4 is 22.8 Å². The molecule has 3 rings (SSSR count). The summed E-state index contributed by atoms with van der Waals surface area (Å²) < 4.78 is 2.21. The van der Waals surface area contributed by atoms with Gasteiger partial charge >= 0.3 is 0 Å². The van der Waals surface area contributed by atoms with Crippen molar-refractivity contribution < 1.29 is 4.92 Å². The van der Waals surface area contributed by atoms with Crippen LogP contribution in [0.15, 0.2) is 54.6 Å². The Hall–Kier alpha value is -2.99. The molecule has 1 atom stereocenters. The molecule has 0 amide bonds. The molecule has 0 aliphatic heterocycles. The van der Waals surface area contributed by atoms with E-state index < -0.39 is 0 Å². The van der Waals surface area contributed by atoms with Crippen LogP contribution in [0.2, 0.25) is 0 Å². The normalized spacial score (nSPS) is 12.7. The first-order valence-corrected chi connectivity index (χ1v) is 8.70. The van der Waals surface area contributed by atoms with Gasteiger partial charge in [-0.1, -0.05) is 36.4 Å². The van der Waals surface area contributed by atoms with Crippen LogP contribution in [0.4, 0.5) is 5.69 Å². The molecule has 26 heavy (non-hydrogen) atoms. The largest absolute Gasteiger partial charge is 0.327 e. The third-order valence-corrected chi connectivity index (χ3v) is 4.36. The number of benzene rings is 2. The smallest absolute Gasteiger partial charge is 0.276 e. The number of hydrogen-bond acceptors (Lipinski definition) is 4. The maximum atomic E-state index is 11.0. The summed E-state index contributed by atoms with van der Waals surface area (Å²) in [6.45, 7) is 5.64. The zero-order chi connectivity index (χ0) is 18.5. The number of imidazole rings is 1. The van der Waals surface area contributed by atoms with Crippen LogP contribution >= 0.6 is 0 Å². The minimum absolute atomic E-state index is 0.0674. The molecular formula is C20H22N4O2. The lowest BCUT2D eigenvalue weighted by Crippen LogP contribution is -2.22. The molecule has 0 aliphatic rings. The molecule has 0 aliphatic carbocycles. The van der Waals surface area contributed by atoms with Gasteiger partial charge in [0.25, 0.3) is 5.69 Å². The Labute approximate surface area is 152 Å². The third-order valence-electron chi connectivity index (χ3n) is 4.36. The number of nitro benzene ring substituents is 1. The lowest BCUT2D eigenvalue weighted by atomic mass is 10.1. The summed E-state index contributed by atoms with van der Waals surface area (Å²) in [6.07, 6.45) is 3.68. The Bertz CT molecular complexity index is 946. The predicted octanol–water partition coefficient (Wildman–Crippen LogP) is 4.33. The van der Waals surface area contributed by atoms with E-state index in [-0.39, 0.29) is 16.7 Å². The number of aromatic nitrogens is 2. The zero-order valence-corrected chi connectivity index (χ0v) is 14.9. The summed E-state index contributed by atoms with van der Waals surface area (Å²) in [5.41, 5.74) is 2.85. The molecule has 0 spiro atoms. The van der Waals surface area contributed by atoms with Gasteiger partial charge in [-0.15, -0.1) is 0 Å². The van der Waals surface area contributed by atoms with Crippen molar-refractivity contribution in [1.29, 1.82) is 0 Å². The van der Waals surface area contributed by atoms with E-state index in [2.05, 4.69) is 29.8 Å². The first kappa shape index (κ1) is 17.8. The van der Waals surface area contributed by atoms with Crippen LogP contribution in [-0.2, 0) is 6.54 Å². The molecule has 3 aromatic rings. The first-order valence-electron chi connectivity index (χ1n) is 8.70. The highest BCUT2D eigenvalue weighted by atomic mass is 16.6. The summed E-state index contributed by atoms with van der Waals surface area (Å²) >= 11 is 0. The van der Waals surface area contributed by atoms with Gasteiger partial charge in [-0.3, -0.25) is 10.1 Å². The van der Waals surface area contributed by atoms with Crippen LogP contribution in [0.1, 0.15) is 31.3 Å². The molecule has 1 unspecified atom stereocenters. The highest BCUT2D eigenvalue weighted by Crippen LogP contribution is 2.21. The summed E-state index contributed by atoms with van der Waals surface area (Å²) in [5, 5.41) is 14.5. The van der Waals surface area contributed by atoms with E-state index in [1.165, 1.54) is 6.07 Å². The number of hydrogen-bond donors (Lipinski definition) is 1. The number of nitrogens with one attached hydrogen (secondary N) is 1.